The van der Waals surface area contributed by atoms with Crippen LogP contribution in [0.2, 0.25) is 0 Å². The van der Waals surface area contributed by atoms with Crippen molar-refractivity contribution in [3.63, 3.8) is 0 Å². The van der Waals surface area contributed by atoms with E-state index >= 15 is 0 Å². The maximum atomic E-state index is 10.5. The van der Waals surface area contributed by atoms with Crippen molar-refractivity contribution in [3.05, 3.63) is 203 Å². The van der Waals surface area contributed by atoms with Gasteiger partial charge in [0.15, 0.2) is 11.6 Å². The van der Waals surface area contributed by atoms with Crippen molar-refractivity contribution in [2.75, 3.05) is 0 Å². The van der Waals surface area contributed by atoms with Crippen molar-refractivity contribution in [3.8, 4) is 79.7 Å². The van der Waals surface area contributed by atoms with Gasteiger partial charge in [-0.25, -0.2) is 29.9 Å². The number of nitrogens with zero attached hydrogens (tertiary/aromatic N) is 10. The molecule has 0 radical (unpaired) electrons. The van der Waals surface area contributed by atoms with Crippen molar-refractivity contribution < 1.29 is 0 Å². The molecular weight excluding hydrogens is 897 g/mol. The number of rotatable bonds is 7. The summed E-state index contributed by atoms with van der Waals surface area (Å²) in [5, 5.41) is 25.3. The highest BCUT2D eigenvalue weighted by Gasteiger charge is 2.22. The SMILES string of the molecule is Cc1cc(C)cc(-c2ccc3c4c(-c5cc(C)cc(-c6ccc7c8ccccc8n(-c8ccc(-c9nc(C)nc(C)n9)c(C#N)c8)c7c6)c5)cccc4n(-c4ccc(C#N)c(-c5nc(C)nc(C)n5)c4)c3c2)c1. The number of nitriles is 2. The van der Waals surface area contributed by atoms with E-state index in [4.69, 9.17) is 9.97 Å². The zero-order valence-electron chi connectivity index (χ0n) is 41.4. The minimum Gasteiger partial charge on any atom is -0.309 e. The molecule has 0 fully saturated rings. The lowest BCUT2D eigenvalue weighted by Gasteiger charge is -2.13. The van der Waals surface area contributed by atoms with Gasteiger partial charge in [0.05, 0.1) is 45.3 Å². The molecule has 73 heavy (non-hydrogen) atoms. The summed E-state index contributed by atoms with van der Waals surface area (Å²) in [5.74, 6) is 3.36. The zero-order valence-corrected chi connectivity index (χ0v) is 41.4. The van der Waals surface area contributed by atoms with E-state index in [2.05, 4.69) is 177 Å². The summed E-state index contributed by atoms with van der Waals surface area (Å²) in [6.07, 6.45) is 0. The average molecular weight is 943 g/mol. The standard InChI is InChI=1S/C63H46N10/c1-35-23-36(2)25-45(24-35)42-17-21-55-60(31-42)73(50-18-15-44(33-64)56(32-50)63-70-40(6)67-41(7)71-63)58-14-10-12-51(61(55)58)47-27-37(3)26-46(28-47)43-16-20-54-53-11-8-9-13-57(53)72(59(54)30-43)49-19-22-52(48(29-49)34-65)62-68-38(4)66-39(5)69-62/h8-32H,1-7H3. The van der Waals surface area contributed by atoms with Crippen LogP contribution in [-0.4, -0.2) is 39.0 Å². The smallest absolute Gasteiger partial charge is 0.164 e. The summed E-state index contributed by atoms with van der Waals surface area (Å²) in [7, 11) is 0. The third-order valence-electron chi connectivity index (χ3n) is 13.7. The Bertz CT molecular complexity index is 4330. The molecule has 0 aliphatic carbocycles. The Labute approximate surface area is 422 Å². The lowest BCUT2D eigenvalue weighted by Crippen LogP contribution is -2.02. The molecule has 12 aromatic rings. The first kappa shape index (κ1) is 44.6. The molecule has 348 valence electrons. The fourth-order valence-corrected chi connectivity index (χ4v) is 10.8. The molecule has 10 nitrogen and oxygen atoms in total. The Balaban J connectivity index is 1.04. The van der Waals surface area contributed by atoms with Gasteiger partial charge in [-0.05, 0) is 154 Å². The molecule has 0 saturated heterocycles. The Hall–Kier alpha value is -9.64. The van der Waals surface area contributed by atoms with Gasteiger partial charge in [-0.3, -0.25) is 0 Å². The van der Waals surface area contributed by atoms with Gasteiger partial charge in [0, 0.05) is 44.0 Å². The van der Waals surface area contributed by atoms with Crippen molar-refractivity contribution in [1.82, 2.24) is 39.0 Å². The largest absolute Gasteiger partial charge is 0.309 e. The summed E-state index contributed by atoms with van der Waals surface area (Å²) in [4.78, 5) is 27.3. The molecule has 0 aliphatic heterocycles. The Morgan fingerprint density at radius 2 is 0.863 bits per heavy atom. The Kier molecular flexibility index (Phi) is 10.6. The van der Waals surface area contributed by atoms with Gasteiger partial charge in [-0.15, -0.1) is 0 Å². The highest BCUT2D eigenvalue weighted by atomic mass is 15.0. The van der Waals surface area contributed by atoms with Crippen molar-refractivity contribution in [2.24, 2.45) is 0 Å². The summed E-state index contributed by atoms with van der Waals surface area (Å²) >= 11 is 0. The average Bonchev–Trinajstić information content (AvgIpc) is 3.89. The first-order valence-corrected chi connectivity index (χ1v) is 24.2. The predicted octanol–water partition coefficient (Wildman–Crippen LogP) is 14.5. The normalized spacial score (nSPS) is 11.5. The van der Waals surface area contributed by atoms with Crippen LogP contribution in [0.5, 0.6) is 0 Å². The van der Waals surface area contributed by atoms with E-state index in [9.17, 15) is 10.5 Å². The molecule has 0 aliphatic rings. The van der Waals surface area contributed by atoms with Crippen LogP contribution in [0, 0.1) is 71.1 Å². The highest BCUT2D eigenvalue weighted by molar-refractivity contribution is 6.17. The lowest BCUT2D eigenvalue weighted by molar-refractivity contribution is 0.927. The molecule has 4 aromatic heterocycles. The molecule has 0 bridgehead atoms. The van der Waals surface area contributed by atoms with Crippen molar-refractivity contribution in [1.29, 1.82) is 10.5 Å². The van der Waals surface area contributed by atoms with Gasteiger partial charge in [-0.1, -0.05) is 96.1 Å². The molecular formula is C63H46N10. The summed E-state index contributed by atoms with van der Waals surface area (Å²) in [6, 6.07) is 58.6. The van der Waals surface area contributed by atoms with Gasteiger partial charge in [0.25, 0.3) is 0 Å². The molecule has 4 heterocycles. The van der Waals surface area contributed by atoms with Crippen LogP contribution in [0.15, 0.2) is 152 Å². The number of para-hydroxylation sites is 1. The minimum absolute atomic E-state index is 0.470. The summed E-state index contributed by atoms with van der Waals surface area (Å²) < 4.78 is 4.56. The van der Waals surface area contributed by atoms with Crippen LogP contribution >= 0.6 is 0 Å². The monoisotopic (exact) mass is 942 g/mol. The van der Waals surface area contributed by atoms with Crippen molar-refractivity contribution in [2.45, 2.75) is 48.5 Å². The first-order valence-electron chi connectivity index (χ1n) is 24.2. The number of aryl methyl sites for hydroxylation is 7. The minimum atomic E-state index is 0.470. The van der Waals surface area contributed by atoms with Crippen LogP contribution in [-0.2, 0) is 0 Å². The summed E-state index contributed by atoms with van der Waals surface area (Å²) in [6.45, 7) is 13.8. The summed E-state index contributed by atoms with van der Waals surface area (Å²) in [5.41, 5.74) is 18.3. The molecule has 0 spiro atoms. The van der Waals surface area contributed by atoms with E-state index in [1.165, 1.54) is 11.1 Å². The van der Waals surface area contributed by atoms with Crippen LogP contribution < -0.4 is 0 Å². The van der Waals surface area contributed by atoms with E-state index in [0.29, 0.717) is 57.2 Å². The van der Waals surface area contributed by atoms with Crippen LogP contribution in [0.3, 0.4) is 0 Å². The quantitative estimate of drug-likeness (QED) is 0.154. The fourth-order valence-electron chi connectivity index (χ4n) is 10.8. The number of benzene rings is 8. The lowest BCUT2D eigenvalue weighted by atomic mass is 9.93. The Morgan fingerprint density at radius 3 is 1.53 bits per heavy atom. The van der Waals surface area contributed by atoms with Gasteiger partial charge in [0.2, 0.25) is 0 Å². The third-order valence-corrected chi connectivity index (χ3v) is 13.7. The molecule has 12 rings (SSSR count). The van der Waals surface area contributed by atoms with Crippen LogP contribution in [0.1, 0.15) is 51.1 Å². The number of aromatic nitrogens is 8. The molecule has 0 unspecified atom stereocenters. The second-order valence-electron chi connectivity index (χ2n) is 19.0. The predicted molar refractivity (Wildman–Crippen MR) is 292 cm³/mol. The molecule has 0 amide bonds. The van der Waals surface area contributed by atoms with Crippen molar-refractivity contribution >= 4 is 43.6 Å². The topological polar surface area (TPSA) is 135 Å². The number of hydrogen-bond donors (Lipinski definition) is 0. The van der Waals surface area contributed by atoms with Crippen LogP contribution in [0.25, 0.3) is 111 Å². The van der Waals surface area contributed by atoms with Crippen LogP contribution in [0.4, 0.5) is 0 Å². The van der Waals surface area contributed by atoms with Gasteiger partial charge in [0.1, 0.15) is 23.3 Å². The van der Waals surface area contributed by atoms with E-state index in [1.807, 2.05) is 64.1 Å². The molecule has 8 aromatic carbocycles. The Morgan fingerprint density at radius 1 is 0.342 bits per heavy atom. The molecule has 0 N–H and O–H groups in total. The van der Waals surface area contributed by atoms with E-state index in [-0.39, 0.29) is 0 Å². The van der Waals surface area contributed by atoms with Gasteiger partial charge >= 0.3 is 0 Å². The maximum absolute atomic E-state index is 10.5. The second-order valence-corrected chi connectivity index (χ2v) is 19.0. The number of fused-ring (bicyclic) bond motifs is 6. The third kappa shape index (κ3) is 7.74. The maximum Gasteiger partial charge on any atom is 0.164 e. The van der Waals surface area contributed by atoms with E-state index in [1.54, 1.807) is 0 Å². The zero-order chi connectivity index (χ0) is 50.2. The van der Waals surface area contributed by atoms with Gasteiger partial charge < -0.3 is 9.13 Å². The number of hydrogen-bond acceptors (Lipinski definition) is 8. The second kappa shape index (κ2) is 17.3. The fraction of sp³-hybridized carbons (Fsp3) is 0.111. The molecule has 0 atom stereocenters. The molecule has 0 saturated carbocycles. The van der Waals surface area contributed by atoms with E-state index in [0.717, 1.165) is 93.9 Å². The van der Waals surface area contributed by atoms with E-state index < -0.39 is 0 Å². The highest BCUT2D eigenvalue weighted by Crippen LogP contribution is 2.43. The first-order chi connectivity index (χ1) is 35.4. The molecule has 10 heteroatoms. The van der Waals surface area contributed by atoms with Gasteiger partial charge in [-0.2, -0.15) is 10.5 Å².